The largest absolute Gasteiger partial charge is 0.508 e. The third-order valence-corrected chi connectivity index (χ3v) is 12.0. The number of aromatic hydroxyl groups is 1. The highest BCUT2D eigenvalue weighted by atomic mass is 35.5. The molecule has 252 valence electrons. The molecule has 6 atom stereocenters. The number of carbonyl (C=O) groups is 4. The van der Waals surface area contributed by atoms with Gasteiger partial charge in [0.15, 0.2) is 0 Å². The first-order valence-corrected chi connectivity index (χ1v) is 17.7. The lowest BCUT2D eigenvalue weighted by Gasteiger charge is -2.51. The Bertz CT molecular complexity index is 2340. The molecule has 51 heavy (non-hydrogen) atoms. The Morgan fingerprint density at radius 3 is 2.18 bits per heavy atom. The lowest BCUT2D eigenvalue weighted by atomic mass is 9.48. The molecule has 0 aromatic heterocycles. The summed E-state index contributed by atoms with van der Waals surface area (Å²) in [6.45, 7) is 0. The van der Waals surface area contributed by atoms with Gasteiger partial charge in [-0.15, -0.1) is 0 Å². The van der Waals surface area contributed by atoms with Gasteiger partial charge in [0, 0.05) is 21.5 Å². The minimum atomic E-state index is -1.50. The van der Waals surface area contributed by atoms with E-state index in [9.17, 15) is 14.7 Å². The number of nitrogens with zero attached hydrogens (tertiary/aromatic N) is 2. The highest BCUT2D eigenvalue weighted by molar-refractivity contribution is 6.32. The fourth-order valence-corrected chi connectivity index (χ4v) is 9.80. The quantitative estimate of drug-likeness (QED) is 0.150. The summed E-state index contributed by atoms with van der Waals surface area (Å²) >= 11 is 12.6. The maximum Gasteiger partial charge on any atom is 0.246 e. The van der Waals surface area contributed by atoms with Crippen LogP contribution in [0.15, 0.2) is 127 Å². The highest BCUT2D eigenvalue weighted by Crippen LogP contribution is 2.66. The fraction of sp³-hybridized carbons (Fsp3) is 0.190. The van der Waals surface area contributed by atoms with Gasteiger partial charge in [0.2, 0.25) is 23.6 Å². The summed E-state index contributed by atoms with van der Waals surface area (Å²) < 4.78 is 0. The van der Waals surface area contributed by atoms with Gasteiger partial charge >= 0.3 is 0 Å². The summed E-state index contributed by atoms with van der Waals surface area (Å²) in [6.07, 6.45) is 2.41. The van der Waals surface area contributed by atoms with E-state index in [1.54, 1.807) is 54.6 Å². The standard InChI is InChI=1S/C42H30Cl2N2O5/c43-25-14-16-27(17-15-25)45-38(48)31-19-18-30-32(35(31)40(45)50)22-33-39(49)46(28-11-6-10-26(44)21-28)41(51)42(33,24-8-2-1-3-9-24)37(30)36-29-12-5-4-7-23(29)13-20-34(36)47/h1-18,20-21,31-33,35,37,47H,19,22H2/t31-,32+,33-,35-,37+,42+/m0/s1. The number of imide groups is 2. The van der Waals surface area contributed by atoms with Crippen molar-refractivity contribution in [3.05, 3.63) is 148 Å². The zero-order chi connectivity index (χ0) is 35.2. The summed E-state index contributed by atoms with van der Waals surface area (Å²) in [5, 5.41) is 14.3. The van der Waals surface area contributed by atoms with Crippen LogP contribution in [0, 0.1) is 23.7 Å². The van der Waals surface area contributed by atoms with E-state index >= 15 is 9.59 Å². The number of amides is 4. The summed E-state index contributed by atoms with van der Waals surface area (Å²) in [5.41, 5.74) is 1.20. The molecule has 5 aromatic rings. The van der Waals surface area contributed by atoms with Gasteiger partial charge in [-0.1, -0.05) is 102 Å². The SMILES string of the molecule is O=C1[C@H]2[C@H](CC=C3[C@H]2C[C@H]2C(=O)N(c4cccc(Cl)c4)C(=O)[C@@]2(c2ccccc2)[C@H]3c2c(O)ccc3ccccc23)C(=O)N1c1ccc(Cl)cc1. The first kappa shape index (κ1) is 31.7. The van der Waals surface area contributed by atoms with Crippen molar-refractivity contribution in [3.8, 4) is 5.75 Å². The van der Waals surface area contributed by atoms with Gasteiger partial charge in [-0.3, -0.25) is 24.1 Å². The Balaban J connectivity index is 1.31. The molecule has 2 aliphatic heterocycles. The van der Waals surface area contributed by atoms with Crippen LogP contribution >= 0.6 is 23.2 Å². The lowest BCUT2D eigenvalue weighted by Crippen LogP contribution is -2.53. The number of halogens is 2. The number of hydrogen-bond donors (Lipinski definition) is 1. The van der Waals surface area contributed by atoms with Gasteiger partial charge in [0.05, 0.1) is 34.5 Å². The molecule has 2 heterocycles. The molecule has 1 saturated carbocycles. The van der Waals surface area contributed by atoms with Gasteiger partial charge in [-0.05, 0) is 83.6 Å². The van der Waals surface area contributed by atoms with E-state index in [1.165, 1.54) is 9.80 Å². The fourth-order valence-electron chi connectivity index (χ4n) is 9.49. The number of anilines is 2. The number of benzene rings is 5. The van der Waals surface area contributed by atoms with Crippen LogP contribution < -0.4 is 9.80 Å². The van der Waals surface area contributed by atoms with Gasteiger partial charge in [0.25, 0.3) is 0 Å². The van der Waals surface area contributed by atoms with Crippen molar-refractivity contribution in [1.29, 1.82) is 0 Å². The molecule has 0 radical (unpaired) electrons. The van der Waals surface area contributed by atoms with Crippen LogP contribution in [0.4, 0.5) is 11.4 Å². The topological polar surface area (TPSA) is 95.0 Å². The van der Waals surface area contributed by atoms with Crippen LogP contribution in [0.1, 0.15) is 29.9 Å². The number of fused-ring (bicyclic) bond motifs is 5. The molecule has 2 saturated heterocycles. The van der Waals surface area contributed by atoms with Crippen LogP contribution in [-0.4, -0.2) is 28.7 Å². The van der Waals surface area contributed by atoms with Crippen molar-refractivity contribution in [3.63, 3.8) is 0 Å². The predicted molar refractivity (Wildman–Crippen MR) is 196 cm³/mol. The second-order valence-corrected chi connectivity index (χ2v) is 14.7. The van der Waals surface area contributed by atoms with E-state index < -0.39 is 46.8 Å². The summed E-state index contributed by atoms with van der Waals surface area (Å²) in [6, 6.07) is 33.7. The van der Waals surface area contributed by atoms with Gasteiger partial charge in [-0.25, -0.2) is 4.90 Å². The van der Waals surface area contributed by atoms with E-state index in [-0.39, 0.29) is 30.4 Å². The average molecular weight is 714 g/mol. The maximum atomic E-state index is 15.5. The van der Waals surface area contributed by atoms with Crippen molar-refractivity contribution in [2.75, 3.05) is 9.80 Å². The summed E-state index contributed by atoms with van der Waals surface area (Å²) in [5.74, 6) is -5.31. The molecule has 1 N–H and O–H groups in total. The number of allylic oxidation sites excluding steroid dienone is 2. The predicted octanol–water partition coefficient (Wildman–Crippen LogP) is 8.22. The van der Waals surface area contributed by atoms with Crippen molar-refractivity contribution >= 4 is 69.0 Å². The van der Waals surface area contributed by atoms with E-state index in [2.05, 4.69) is 0 Å². The van der Waals surface area contributed by atoms with E-state index in [4.69, 9.17) is 23.2 Å². The second kappa shape index (κ2) is 11.7. The molecule has 0 bridgehead atoms. The van der Waals surface area contributed by atoms with Crippen molar-refractivity contribution in [2.45, 2.75) is 24.2 Å². The molecule has 5 aromatic carbocycles. The Labute approximate surface area is 303 Å². The van der Waals surface area contributed by atoms with Crippen molar-refractivity contribution < 1.29 is 24.3 Å². The molecule has 4 amide bonds. The van der Waals surface area contributed by atoms with Gasteiger partial charge < -0.3 is 5.11 Å². The third-order valence-electron chi connectivity index (χ3n) is 11.5. The third kappa shape index (κ3) is 4.44. The lowest BCUT2D eigenvalue weighted by molar-refractivity contribution is -0.127. The first-order valence-electron chi connectivity index (χ1n) is 16.9. The van der Waals surface area contributed by atoms with E-state index in [0.717, 1.165) is 16.3 Å². The molecule has 0 unspecified atom stereocenters. The average Bonchev–Trinajstić information content (AvgIpc) is 3.53. The molecule has 0 spiro atoms. The number of hydrogen-bond acceptors (Lipinski definition) is 5. The summed E-state index contributed by atoms with van der Waals surface area (Å²) in [4.78, 5) is 61.6. The smallest absolute Gasteiger partial charge is 0.246 e. The van der Waals surface area contributed by atoms with E-state index in [1.807, 2.05) is 66.7 Å². The Kier molecular flexibility index (Phi) is 7.25. The molecule has 2 aliphatic carbocycles. The molecule has 9 heteroatoms. The Hall–Kier alpha value is -5.24. The Morgan fingerprint density at radius 2 is 1.41 bits per heavy atom. The molecule has 4 aliphatic rings. The zero-order valence-corrected chi connectivity index (χ0v) is 28.6. The van der Waals surface area contributed by atoms with Crippen molar-refractivity contribution in [2.24, 2.45) is 23.7 Å². The van der Waals surface area contributed by atoms with Crippen LogP contribution in [-0.2, 0) is 24.6 Å². The van der Waals surface area contributed by atoms with Crippen LogP contribution in [0.3, 0.4) is 0 Å². The number of rotatable bonds is 4. The molecule has 3 fully saturated rings. The second-order valence-electron chi connectivity index (χ2n) is 13.8. The van der Waals surface area contributed by atoms with E-state index in [0.29, 0.717) is 32.5 Å². The Morgan fingerprint density at radius 1 is 0.667 bits per heavy atom. The van der Waals surface area contributed by atoms with Crippen LogP contribution in [0.25, 0.3) is 10.8 Å². The number of phenolic OH excluding ortho intramolecular Hbond substituents is 1. The van der Waals surface area contributed by atoms with Gasteiger partial charge in [0.1, 0.15) is 5.75 Å². The minimum Gasteiger partial charge on any atom is -0.508 e. The van der Waals surface area contributed by atoms with Crippen LogP contribution in [0.5, 0.6) is 5.75 Å². The monoisotopic (exact) mass is 712 g/mol. The molecular weight excluding hydrogens is 683 g/mol. The molecular formula is C42H30Cl2N2O5. The van der Waals surface area contributed by atoms with Gasteiger partial charge in [-0.2, -0.15) is 0 Å². The summed E-state index contributed by atoms with van der Waals surface area (Å²) in [7, 11) is 0. The van der Waals surface area contributed by atoms with Crippen molar-refractivity contribution in [1.82, 2.24) is 0 Å². The first-order chi connectivity index (χ1) is 24.7. The zero-order valence-electron chi connectivity index (χ0n) is 27.1. The molecule has 9 rings (SSSR count). The molecule has 7 nitrogen and oxygen atoms in total. The number of phenols is 1. The highest BCUT2D eigenvalue weighted by Gasteiger charge is 2.70. The van der Waals surface area contributed by atoms with Crippen LogP contribution in [0.2, 0.25) is 10.0 Å². The normalized spacial score (nSPS) is 27.0. The number of carbonyl (C=O) groups excluding carboxylic acids is 4. The maximum absolute atomic E-state index is 15.5. The minimum absolute atomic E-state index is 0.0190.